The van der Waals surface area contributed by atoms with E-state index in [1.807, 2.05) is 12.1 Å². The van der Waals surface area contributed by atoms with Gasteiger partial charge in [0.05, 0.1) is 36.7 Å². The van der Waals surface area contributed by atoms with Crippen LogP contribution in [0.1, 0.15) is 35.7 Å². The monoisotopic (exact) mass is 880 g/mol. The van der Waals surface area contributed by atoms with Crippen LogP contribution in [0.2, 0.25) is 0 Å². The maximum absolute atomic E-state index is 13.5. The molecule has 4 heterocycles. The van der Waals surface area contributed by atoms with Crippen LogP contribution in [0.5, 0.6) is 5.75 Å². The first-order valence-corrected chi connectivity index (χ1v) is 21.5. The molecule has 1 unspecified atom stereocenters. The van der Waals surface area contributed by atoms with Crippen molar-refractivity contribution in [3.8, 4) is 17.0 Å². The van der Waals surface area contributed by atoms with Crippen LogP contribution < -0.4 is 25.8 Å². The largest absolute Gasteiger partial charge is 0.507 e. The molecule has 0 spiro atoms. The number of pyridine rings is 1. The third kappa shape index (κ3) is 13.5. The maximum Gasteiger partial charge on any atom is 0.415 e. The number of nitrogens with zero attached hydrogens (tertiary/aromatic N) is 7. The highest BCUT2D eigenvalue weighted by Crippen LogP contribution is 2.34. The van der Waals surface area contributed by atoms with Crippen LogP contribution in [-0.4, -0.2) is 139 Å². The minimum atomic E-state index is -0.907. The fourth-order valence-corrected chi connectivity index (χ4v) is 7.60. The highest BCUT2D eigenvalue weighted by Gasteiger charge is 2.28. The highest BCUT2D eigenvalue weighted by atomic mass is 32.1. The molecule has 4 aromatic rings. The van der Waals surface area contributed by atoms with Gasteiger partial charge in [0.1, 0.15) is 18.4 Å². The van der Waals surface area contributed by atoms with Crippen molar-refractivity contribution in [1.82, 2.24) is 35.6 Å². The van der Waals surface area contributed by atoms with E-state index in [9.17, 15) is 24.3 Å². The van der Waals surface area contributed by atoms with Crippen LogP contribution in [0.3, 0.4) is 0 Å². The van der Waals surface area contributed by atoms with Gasteiger partial charge >= 0.3 is 6.09 Å². The molecule has 2 saturated heterocycles. The van der Waals surface area contributed by atoms with Crippen molar-refractivity contribution in [1.29, 1.82) is 0 Å². The lowest BCUT2D eigenvalue weighted by atomic mass is 9.96. The molecular formula is C45H56N10O7S. The lowest BCUT2D eigenvalue weighted by Crippen LogP contribution is -2.49. The number of carbonyl (C=O) groups is 4. The summed E-state index contributed by atoms with van der Waals surface area (Å²) >= 11 is 4.17. The number of thiol groups is 1. The summed E-state index contributed by atoms with van der Waals surface area (Å²) in [6.07, 6.45) is 6.32. The van der Waals surface area contributed by atoms with Gasteiger partial charge in [0.15, 0.2) is 5.82 Å². The van der Waals surface area contributed by atoms with Gasteiger partial charge in [0.25, 0.3) is 5.91 Å². The van der Waals surface area contributed by atoms with E-state index in [0.717, 1.165) is 71.8 Å². The Morgan fingerprint density at radius 2 is 1.73 bits per heavy atom. The average molecular weight is 881 g/mol. The van der Waals surface area contributed by atoms with Gasteiger partial charge in [-0.25, -0.2) is 4.79 Å². The number of rotatable bonds is 18. The molecule has 17 nitrogen and oxygen atoms in total. The normalized spacial score (nSPS) is 15.3. The number of anilines is 3. The Labute approximate surface area is 373 Å². The predicted octanol–water partition coefficient (Wildman–Crippen LogP) is 4.22. The zero-order valence-electron chi connectivity index (χ0n) is 35.7. The standard InChI is InChI=1S/C45H56N10O7S/c1-4-22-61-23-21-53-15-13-32(14-16-53)29-54-17-19-55(20-18-54)39-25-38(37-7-5-6-8-40(37)56)50-51-42(39)52(3)45(60)62-30-33-9-11-35(12-10-33)49-41(57)28-47-43(58)31(2)48-44(59)34-24-36(63)27-46-26-34/h4-12,24-27,31-32,56,63H,1,13-23,28-30H2,2-3H3,(H,47,58)(H,48,59)(H,49,57). The molecule has 6 rings (SSSR count). The Bertz CT molecular complexity index is 2200. The molecule has 18 heteroatoms. The molecule has 2 aliphatic rings. The van der Waals surface area contributed by atoms with Crippen LogP contribution in [0.4, 0.5) is 22.0 Å². The number of phenolic OH excluding ortho intramolecular Hbond substituents is 1. The van der Waals surface area contributed by atoms with Crippen molar-refractivity contribution in [3.63, 3.8) is 0 Å². The molecule has 334 valence electrons. The third-order valence-electron chi connectivity index (χ3n) is 11.0. The molecule has 0 saturated carbocycles. The lowest BCUT2D eigenvalue weighted by molar-refractivity contribution is -0.125. The SMILES string of the molecule is C=CCOCCN1CCC(CN2CCN(c3cc(-c4ccccc4O)nnc3N(C)C(=O)OCc3ccc(NC(=O)CNC(=O)C(C)NC(=O)c4cncc(S)c4)cc3)CC2)CC1. The summed E-state index contributed by atoms with van der Waals surface area (Å²) in [7, 11) is 1.59. The van der Waals surface area contributed by atoms with Gasteiger partial charge < -0.3 is 40.3 Å². The second kappa shape index (κ2) is 22.8. The second-order valence-corrected chi connectivity index (χ2v) is 16.1. The Kier molecular flexibility index (Phi) is 16.8. The number of likely N-dealkylation sites (tertiary alicyclic amines) is 1. The number of piperazine rings is 1. The molecule has 2 aliphatic heterocycles. The number of aromatic hydroxyl groups is 1. The first-order valence-electron chi connectivity index (χ1n) is 21.0. The molecule has 2 aromatic heterocycles. The first kappa shape index (κ1) is 46.4. The molecule has 63 heavy (non-hydrogen) atoms. The minimum absolute atomic E-state index is 0.0508. The first-order chi connectivity index (χ1) is 30.5. The number of aromatic nitrogens is 3. The molecule has 2 aromatic carbocycles. The molecule has 0 bridgehead atoms. The van der Waals surface area contributed by atoms with Crippen molar-refractivity contribution in [2.24, 2.45) is 5.92 Å². The number of phenols is 1. The van der Waals surface area contributed by atoms with Crippen LogP contribution >= 0.6 is 12.6 Å². The van der Waals surface area contributed by atoms with E-state index >= 15 is 0 Å². The number of ether oxygens (including phenoxy) is 2. The fraction of sp³-hybridized carbons (Fsp3) is 0.400. The molecular weight excluding hydrogens is 825 g/mol. The number of benzene rings is 2. The van der Waals surface area contributed by atoms with Crippen LogP contribution in [0.15, 0.2) is 90.6 Å². The van der Waals surface area contributed by atoms with Crippen molar-refractivity contribution in [3.05, 3.63) is 96.8 Å². The number of hydrogen-bond donors (Lipinski definition) is 5. The van der Waals surface area contributed by atoms with E-state index in [0.29, 0.717) is 51.4 Å². The van der Waals surface area contributed by atoms with Crippen molar-refractivity contribution in [2.75, 3.05) is 94.3 Å². The Morgan fingerprint density at radius 1 is 0.984 bits per heavy atom. The maximum atomic E-state index is 13.5. The number of para-hydroxylation sites is 1. The summed E-state index contributed by atoms with van der Waals surface area (Å²) in [5, 5.41) is 27.3. The van der Waals surface area contributed by atoms with Gasteiger partial charge in [-0.15, -0.1) is 29.4 Å². The molecule has 0 radical (unpaired) electrons. The Balaban J connectivity index is 0.994. The number of nitrogens with one attached hydrogen (secondary N) is 3. The predicted molar refractivity (Wildman–Crippen MR) is 243 cm³/mol. The van der Waals surface area contributed by atoms with Gasteiger partial charge in [-0.2, -0.15) is 0 Å². The van der Waals surface area contributed by atoms with Gasteiger partial charge in [-0.1, -0.05) is 30.3 Å². The van der Waals surface area contributed by atoms with E-state index in [4.69, 9.17) is 9.47 Å². The van der Waals surface area contributed by atoms with Gasteiger partial charge in [-0.05, 0) is 80.7 Å². The van der Waals surface area contributed by atoms with Crippen LogP contribution in [-0.2, 0) is 25.7 Å². The van der Waals surface area contributed by atoms with Gasteiger partial charge in [0, 0.05) is 74.9 Å². The van der Waals surface area contributed by atoms with E-state index in [1.165, 1.54) is 30.3 Å². The average Bonchev–Trinajstić information content (AvgIpc) is 3.29. The Morgan fingerprint density at radius 3 is 2.44 bits per heavy atom. The topological polar surface area (TPSA) is 195 Å². The van der Waals surface area contributed by atoms with Crippen LogP contribution in [0, 0.1) is 5.92 Å². The summed E-state index contributed by atoms with van der Waals surface area (Å²) in [6.45, 7) is 13.5. The molecule has 1 atom stereocenters. The number of hydrogen-bond acceptors (Lipinski definition) is 14. The van der Waals surface area contributed by atoms with Crippen molar-refractivity contribution >= 4 is 53.6 Å². The van der Waals surface area contributed by atoms with E-state index < -0.39 is 29.9 Å². The number of amides is 4. The molecule has 2 fully saturated rings. The van der Waals surface area contributed by atoms with E-state index in [-0.39, 0.29) is 24.5 Å². The van der Waals surface area contributed by atoms with Gasteiger partial charge in [0.2, 0.25) is 11.8 Å². The number of piperidine rings is 1. The van der Waals surface area contributed by atoms with E-state index in [2.05, 4.69) is 65.0 Å². The summed E-state index contributed by atoms with van der Waals surface area (Å²) in [5.41, 5.74) is 3.13. The zero-order valence-corrected chi connectivity index (χ0v) is 36.6. The highest BCUT2D eigenvalue weighted by molar-refractivity contribution is 7.80. The fourth-order valence-electron chi connectivity index (χ4n) is 7.39. The smallest absolute Gasteiger partial charge is 0.415 e. The Hall–Kier alpha value is -6.08. The summed E-state index contributed by atoms with van der Waals surface area (Å²) < 4.78 is 11.3. The van der Waals surface area contributed by atoms with Crippen LogP contribution in [0.25, 0.3) is 11.3 Å². The summed E-state index contributed by atoms with van der Waals surface area (Å²) in [4.78, 5) is 64.0. The molecule has 4 amide bonds. The minimum Gasteiger partial charge on any atom is -0.507 e. The quantitative estimate of drug-likeness (QED) is 0.0543. The summed E-state index contributed by atoms with van der Waals surface area (Å²) in [6, 6.07) is 16.2. The third-order valence-corrected chi connectivity index (χ3v) is 11.2. The van der Waals surface area contributed by atoms with Crippen molar-refractivity contribution < 1.29 is 33.8 Å². The summed E-state index contributed by atoms with van der Waals surface area (Å²) in [5.74, 6) is -0.452. The second-order valence-electron chi connectivity index (χ2n) is 15.6. The molecule has 0 aliphatic carbocycles. The lowest BCUT2D eigenvalue weighted by Gasteiger charge is -2.40. The van der Waals surface area contributed by atoms with Crippen molar-refractivity contribution in [2.45, 2.75) is 37.3 Å². The van der Waals surface area contributed by atoms with Gasteiger partial charge in [-0.3, -0.25) is 29.2 Å². The zero-order chi connectivity index (χ0) is 44.7. The number of carbonyl (C=O) groups excluding carboxylic acids is 4. The molecule has 4 N–H and O–H groups in total. The van der Waals surface area contributed by atoms with E-state index in [1.54, 1.807) is 55.6 Å².